The van der Waals surface area contributed by atoms with Gasteiger partial charge in [0.2, 0.25) is 0 Å². The zero-order valence-electron chi connectivity index (χ0n) is 21.8. The van der Waals surface area contributed by atoms with E-state index in [1.165, 1.54) is 12.1 Å². The highest BCUT2D eigenvalue weighted by atomic mass is 19.1. The average Bonchev–Trinajstić information content (AvgIpc) is 3.40. The Hall–Kier alpha value is -4.73. The summed E-state index contributed by atoms with van der Waals surface area (Å²) in [4.78, 5) is 29.1. The molecule has 4 rings (SSSR count). The van der Waals surface area contributed by atoms with E-state index < -0.39 is 23.7 Å². The number of hydrogen-bond donors (Lipinski definition) is 3. The molecule has 39 heavy (non-hydrogen) atoms. The molecule has 4 aromatic rings. The fourth-order valence-electron chi connectivity index (χ4n) is 4.24. The molecule has 0 saturated heterocycles. The highest BCUT2D eigenvalue weighted by molar-refractivity contribution is 5.99. The Kier molecular flexibility index (Phi) is 8.55. The molecule has 1 amide bonds. The maximum atomic E-state index is 13.8. The number of aryl methyl sites for hydroxylation is 2. The zero-order chi connectivity index (χ0) is 27.9. The number of ether oxygens (including phenoxy) is 1. The number of aromatic nitrogens is 2. The highest BCUT2D eigenvalue weighted by Crippen LogP contribution is 2.22. The van der Waals surface area contributed by atoms with Crippen LogP contribution < -0.4 is 15.4 Å². The first-order valence-corrected chi connectivity index (χ1v) is 12.4. The number of pyridine rings is 1. The number of methoxy groups -OCH3 is 1. The quantitative estimate of drug-likeness (QED) is 0.252. The molecule has 2 aromatic carbocycles. The molecule has 0 fully saturated rings. The largest absolute Gasteiger partial charge is 0.497 e. The molecule has 0 bridgehead atoms. The molecule has 3 N–H and O–H groups in total. The number of amides is 1. The zero-order valence-corrected chi connectivity index (χ0v) is 21.8. The Balaban J connectivity index is 1.40. The third kappa shape index (κ3) is 6.78. The van der Waals surface area contributed by atoms with E-state index in [4.69, 9.17) is 9.26 Å². The number of hydrogen-bond acceptors (Lipinski definition) is 7. The van der Waals surface area contributed by atoms with E-state index in [-0.39, 0.29) is 6.42 Å². The number of carboxylic acid groups (broad SMARTS) is 1. The first-order chi connectivity index (χ1) is 18.8. The minimum absolute atomic E-state index is 0.0740. The normalized spacial score (nSPS) is 11.6. The van der Waals surface area contributed by atoms with Crippen molar-refractivity contribution in [1.82, 2.24) is 15.5 Å². The maximum absolute atomic E-state index is 13.8. The lowest BCUT2D eigenvalue weighted by atomic mass is 9.98. The smallest absolute Gasteiger partial charge is 0.326 e. The lowest BCUT2D eigenvalue weighted by Crippen LogP contribution is -2.42. The summed E-state index contributed by atoms with van der Waals surface area (Å²) >= 11 is 0. The van der Waals surface area contributed by atoms with Crippen molar-refractivity contribution in [3.63, 3.8) is 0 Å². The van der Waals surface area contributed by atoms with Gasteiger partial charge in [-0.3, -0.25) is 4.79 Å². The second-order valence-corrected chi connectivity index (χ2v) is 8.99. The van der Waals surface area contributed by atoms with Crippen LogP contribution in [0.4, 0.5) is 10.2 Å². The molecule has 0 spiro atoms. The summed E-state index contributed by atoms with van der Waals surface area (Å²) in [5, 5.41) is 19.6. The number of nitrogens with one attached hydrogen (secondary N) is 2. The summed E-state index contributed by atoms with van der Waals surface area (Å²) in [6.07, 6.45) is 2.16. The second kappa shape index (κ2) is 12.2. The molecule has 202 valence electrons. The standard InChI is InChI=1S/C29H29FN4O5/c1-4-19-13-21(30)11-17(2)27(19)28(35)33-25(29(36)37)12-18-5-7-20(8-6-18)24-14-23(39-34-24)16-32-26-15-22(38-3)9-10-31-26/h5-11,13-15,25H,4,12,16H2,1-3H3,(H,31,32)(H,33,35)(H,36,37). The molecule has 0 saturated carbocycles. The van der Waals surface area contributed by atoms with Crippen LogP contribution in [0.25, 0.3) is 11.3 Å². The molecule has 0 aliphatic heterocycles. The predicted molar refractivity (Wildman–Crippen MR) is 143 cm³/mol. The monoisotopic (exact) mass is 532 g/mol. The first-order valence-electron chi connectivity index (χ1n) is 12.4. The van der Waals surface area contributed by atoms with Crippen LogP contribution in [0.3, 0.4) is 0 Å². The third-order valence-corrected chi connectivity index (χ3v) is 6.25. The van der Waals surface area contributed by atoms with Crippen molar-refractivity contribution in [1.29, 1.82) is 0 Å². The summed E-state index contributed by atoms with van der Waals surface area (Å²) in [7, 11) is 1.59. The average molecular weight is 533 g/mol. The van der Waals surface area contributed by atoms with Gasteiger partial charge in [0.25, 0.3) is 5.91 Å². The van der Waals surface area contributed by atoms with Crippen molar-refractivity contribution >= 4 is 17.7 Å². The van der Waals surface area contributed by atoms with Gasteiger partial charge in [-0.1, -0.05) is 36.3 Å². The van der Waals surface area contributed by atoms with Gasteiger partial charge in [0.1, 0.15) is 29.1 Å². The number of carboxylic acids is 1. The van der Waals surface area contributed by atoms with E-state index in [1.807, 2.05) is 19.1 Å². The molecule has 2 heterocycles. The molecule has 9 nitrogen and oxygen atoms in total. The minimum Gasteiger partial charge on any atom is -0.497 e. The number of benzene rings is 2. The Morgan fingerprint density at radius 1 is 1.13 bits per heavy atom. The van der Waals surface area contributed by atoms with E-state index >= 15 is 0 Å². The number of anilines is 1. The van der Waals surface area contributed by atoms with Crippen LogP contribution in [-0.4, -0.2) is 40.3 Å². The van der Waals surface area contributed by atoms with Crippen LogP contribution in [-0.2, 0) is 24.2 Å². The molecule has 1 unspecified atom stereocenters. The minimum atomic E-state index is -1.16. The SMILES string of the molecule is CCc1cc(F)cc(C)c1C(=O)NC(Cc1ccc(-c2cc(CNc3cc(OC)ccn3)on2)cc1)C(=O)O. The number of carbonyl (C=O) groups excluding carboxylic acids is 1. The molecule has 0 aliphatic rings. The van der Waals surface area contributed by atoms with Gasteiger partial charge in [-0.25, -0.2) is 14.2 Å². The highest BCUT2D eigenvalue weighted by Gasteiger charge is 2.24. The van der Waals surface area contributed by atoms with Crippen molar-refractivity contribution in [3.05, 3.63) is 94.6 Å². The van der Waals surface area contributed by atoms with Crippen molar-refractivity contribution in [2.45, 2.75) is 39.3 Å². The van der Waals surface area contributed by atoms with Crippen LogP contribution in [0.2, 0.25) is 0 Å². The van der Waals surface area contributed by atoms with Crippen LogP contribution in [0.1, 0.15) is 39.7 Å². The van der Waals surface area contributed by atoms with Crippen molar-refractivity contribution < 1.29 is 28.3 Å². The van der Waals surface area contributed by atoms with Gasteiger partial charge in [0.05, 0.1) is 13.7 Å². The predicted octanol–water partition coefficient (Wildman–Crippen LogP) is 4.79. The van der Waals surface area contributed by atoms with E-state index in [9.17, 15) is 19.1 Å². The molecule has 2 aromatic heterocycles. The molecular formula is C29H29FN4O5. The van der Waals surface area contributed by atoms with Gasteiger partial charge in [-0.15, -0.1) is 0 Å². The van der Waals surface area contributed by atoms with E-state index in [0.717, 1.165) is 5.56 Å². The topological polar surface area (TPSA) is 127 Å². The van der Waals surface area contributed by atoms with Crippen molar-refractivity contribution in [3.8, 4) is 17.0 Å². The number of nitrogens with zero attached hydrogens (tertiary/aromatic N) is 2. The third-order valence-electron chi connectivity index (χ3n) is 6.25. The van der Waals surface area contributed by atoms with Crippen LogP contribution >= 0.6 is 0 Å². The van der Waals surface area contributed by atoms with Crippen molar-refractivity contribution in [2.75, 3.05) is 12.4 Å². The number of rotatable bonds is 11. The van der Waals surface area contributed by atoms with Gasteiger partial charge in [-0.05, 0) is 48.2 Å². The number of halogens is 1. The van der Waals surface area contributed by atoms with Gasteiger partial charge >= 0.3 is 5.97 Å². The van der Waals surface area contributed by atoms with Crippen LogP contribution in [0.5, 0.6) is 5.75 Å². The molecular weight excluding hydrogens is 503 g/mol. The lowest BCUT2D eigenvalue weighted by molar-refractivity contribution is -0.139. The molecule has 0 radical (unpaired) electrons. The number of carbonyl (C=O) groups is 2. The summed E-state index contributed by atoms with van der Waals surface area (Å²) in [5.41, 5.74) is 3.42. The fraction of sp³-hybridized carbons (Fsp3) is 0.241. The Bertz CT molecular complexity index is 1470. The Morgan fingerprint density at radius 3 is 2.59 bits per heavy atom. The lowest BCUT2D eigenvalue weighted by Gasteiger charge is -2.17. The summed E-state index contributed by atoms with van der Waals surface area (Å²) in [5.74, 6) is -0.204. The van der Waals surface area contributed by atoms with E-state index in [1.54, 1.807) is 50.6 Å². The molecule has 1 atom stereocenters. The summed E-state index contributed by atoms with van der Waals surface area (Å²) in [6.45, 7) is 3.82. The van der Waals surface area contributed by atoms with Gasteiger partial charge in [0, 0.05) is 35.9 Å². The summed E-state index contributed by atoms with van der Waals surface area (Å²) < 4.78 is 24.4. The molecule has 10 heteroatoms. The fourth-order valence-corrected chi connectivity index (χ4v) is 4.24. The second-order valence-electron chi connectivity index (χ2n) is 8.99. The maximum Gasteiger partial charge on any atom is 0.326 e. The Morgan fingerprint density at radius 2 is 1.90 bits per heavy atom. The first kappa shape index (κ1) is 27.3. The number of aliphatic carboxylic acids is 1. The van der Waals surface area contributed by atoms with Crippen LogP contribution in [0.15, 0.2) is 65.3 Å². The van der Waals surface area contributed by atoms with Crippen LogP contribution in [0, 0.1) is 12.7 Å². The van der Waals surface area contributed by atoms with Crippen molar-refractivity contribution in [2.24, 2.45) is 0 Å². The molecule has 0 aliphatic carbocycles. The van der Waals surface area contributed by atoms with Gasteiger partial charge < -0.3 is 25.0 Å². The van der Waals surface area contributed by atoms with Gasteiger partial charge in [-0.2, -0.15) is 0 Å². The van der Waals surface area contributed by atoms with Gasteiger partial charge in [0.15, 0.2) is 5.76 Å². The summed E-state index contributed by atoms with van der Waals surface area (Å²) in [6, 6.07) is 13.9. The van der Waals surface area contributed by atoms with E-state index in [0.29, 0.717) is 58.2 Å². The van der Waals surface area contributed by atoms with E-state index in [2.05, 4.69) is 20.8 Å². The Labute approximate surface area is 225 Å².